The number of nitrogens with one attached hydrogen (secondary N) is 3. The van der Waals surface area contributed by atoms with E-state index in [-0.39, 0.29) is 6.03 Å². The molecule has 0 unspecified atom stereocenters. The maximum atomic E-state index is 11.5. The average Bonchev–Trinajstić information content (AvgIpc) is 2.66. The van der Waals surface area contributed by atoms with Crippen molar-refractivity contribution in [2.45, 2.75) is 19.9 Å². The van der Waals surface area contributed by atoms with Crippen molar-refractivity contribution >= 4 is 22.4 Å². The molecule has 0 bridgehead atoms. The number of carbonyl (C=O) groups excluding carboxylic acids is 1. The van der Waals surface area contributed by atoms with Crippen molar-refractivity contribution in [1.82, 2.24) is 10.6 Å². The third-order valence-corrected chi connectivity index (χ3v) is 3.75. The highest BCUT2D eigenvalue weighted by molar-refractivity contribution is 7.16. The molecule has 3 N–H and O–H groups in total. The number of thiophene rings is 1. The molecule has 90 valence electrons. The summed E-state index contributed by atoms with van der Waals surface area (Å²) in [4.78, 5) is 12.6. The number of nitriles is 1. The second-order valence-electron chi connectivity index (χ2n) is 3.73. The van der Waals surface area contributed by atoms with Gasteiger partial charge in [0.2, 0.25) is 0 Å². The normalized spacial score (nSPS) is 13.6. The first-order valence-corrected chi connectivity index (χ1v) is 6.38. The molecule has 0 spiro atoms. The molecular weight excluding hydrogens is 236 g/mol. The zero-order valence-electron chi connectivity index (χ0n) is 9.59. The van der Waals surface area contributed by atoms with Crippen molar-refractivity contribution in [3.63, 3.8) is 0 Å². The van der Waals surface area contributed by atoms with Crippen LogP contribution in [0, 0.1) is 11.3 Å². The fourth-order valence-electron chi connectivity index (χ4n) is 1.85. The van der Waals surface area contributed by atoms with Gasteiger partial charge < -0.3 is 10.6 Å². The SMILES string of the molecule is CCNC(=O)Nc1sc2c(c1C#N)CCNC2. The Bertz CT molecular complexity index is 475. The number of hydrogen-bond donors (Lipinski definition) is 3. The Morgan fingerprint density at radius 1 is 1.65 bits per heavy atom. The molecule has 6 heteroatoms. The van der Waals surface area contributed by atoms with Crippen LogP contribution in [-0.2, 0) is 13.0 Å². The lowest BCUT2D eigenvalue weighted by molar-refractivity contribution is 0.252. The van der Waals surface area contributed by atoms with Gasteiger partial charge in [0.25, 0.3) is 0 Å². The maximum Gasteiger partial charge on any atom is 0.319 e. The third kappa shape index (κ3) is 2.40. The van der Waals surface area contributed by atoms with Crippen molar-refractivity contribution in [3.8, 4) is 6.07 Å². The molecule has 1 aliphatic rings. The van der Waals surface area contributed by atoms with Crippen LogP contribution >= 0.6 is 11.3 Å². The van der Waals surface area contributed by atoms with E-state index < -0.39 is 0 Å². The van der Waals surface area contributed by atoms with E-state index in [2.05, 4.69) is 22.0 Å². The number of carbonyl (C=O) groups is 1. The largest absolute Gasteiger partial charge is 0.338 e. The highest BCUT2D eigenvalue weighted by Gasteiger charge is 2.21. The van der Waals surface area contributed by atoms with E-state index >= 15 is 0 Å². The van der Waals surface area contributed by atoms with Gasteiger partial charge in [0.15, 0.2) is 0 Å². The molecule has 0 aromatic carbocycles. The Morgan fingerprint density at radius 3 is 3.18 bits per heavy atom. The molecule has 1 aromatic rings. The fraction of sp³-hybridized carbons (Fsp3) is 0.455. The first-order valence-electron chi connectivity index (χ1n) is 5.56. The summed E-state index contributed by atoms with van der Waals surface area (Å²) >= 11 is 1.48. The van der Waals surface area contributed by atoms with E-state index in [1.165, 1.54) is 11.3 Å². The number of nitrogens with zero attached hydrogens (tertiary/aromatic N) is 1. The molecule has 2 heterocycles. The summed E-state index contributed by atoms with van der Waals surface area (Å²) in [6.07, 6.45) is 0.853. The lowest BCUT2D eigenvalue weighted by Crippen LogP contribution is -2.28. The highest BCUT2D eigenvalue weighted by Crippen LogP contribution is 2.34. The molecule has 0 saturated heterocycles. The summed E-state index contributed by atoms with van der Waals surface area (Å²) in [5.41, 5.74) is 1.71. The topological polar surface area (TPSA) is 77.0 Å². The Hall–Kier alpha value is -1.58. The van der Waals surface area contributed by atoms with Gasteiger partial charge in [-0.1, -0.05) is 0 Å². The molecule has 17 heavy (non-hydrogen) atoms. The minimum atomic E-state index is -0.254. The first kappa shape index (κ1) is 11.9. The number of anilines is 1. The summed E-state index contributed by atoms with van der Waals surface area (Å²) in [5, 5.41) is 18.5. The minimum absolute atomic E-state index is 0.254. The number of hydrogen-bond acceptors (Lipinski definition) is 4. The second kappa shape index (κ2) is 5.17. The van der Waals surface area contributed by atoms with Crippen LogP contribution in [0.25, 0.3) is 0 Å². The van der Waals surface area contributed by atoms with Crippen LogP contribution in [0.1, 0.15) is 22.9 Å². The Morgan fingerprint density at radius 2 is 2.47 bits per heavy atom. The predicted molar refractivity (Wildman–Crippen MR) is 67.1 cm³/mol. The van der Waals surface area contributed by atoms with Gasteiger partial charge in [-0.3, -0.25) is 5.32 Å². The van der Waals surface area contributed by atoms with E-state index in [0.29, 0.717) is 17.1 Å². The van der Waals surface area contributed by atoms with Crippen LogP contribution in [0.4, 0.5) is 9.80 Å². The van der Waals surface area contributed by atoms with Crippen LogP contribution in [0.15, 0.2) is 0 Å². The van der Waals surface area contributed by atoms with Gasteiger partial charge in [0, 0.05) is 18.0 Å². The Labute approximate surface area is 104 Å². The lowest BCUT2D eigenvalue weighted by Gasteiger charge is -2.11. The number of rotatable bonds is 2. The zero-order chi connectivity index (χ0) is 12.3. The molecule has 0 atom stereocenters. The van der Waals surface area contributed by atoms with Gasteiger partial charge in [0.05, 0.1) is 5.56 Å². The van der Waals surface area contributed by atoms with Crippen LogP contribution in [0.3, 0.4) is 0 Å². The lowest BCUT2D eigenvalue weighted by atomic mass is 10.1. The maximum absolute atomic E-state index is 11.5. The molecule has 0 saturated carbocycles. The zero-order valence-corrected chi connectivity index (χ0v) is 10.4. The second-order valence-corrected chi connectivity index (χ2v) is 4.84. The summed E-state index contributed by atoms with van der Waals surface area (Å²) in [7, 11) is 0. The molecule has 5 nitrogen and oxygen atoms in total. The Balaban J connectivity index is 2.25. The van der Waals surface area contributed by atoms with Crippen LogP contribution < -0.4 is 16.0 Å². The van der Waals surface area contributed by atoms with Gasteiger partial charge in [-0.15, -0.1) is 11.3 Å². The molecule has 0 fully saturated rings. The van der Waals surface area contributed by atoms with Gasteiger partial charge in [0.1, 0.15) is 11.1 Å². The van der Waals surface area contributed by atoms with Gasteiger partial charge in [-0.05, 0) is 25.5 Å². The van der Waals surface area contributed by atoms with Crippen LogP contribution in [0.2, 0.25) is 0 Å². The average molecular weight is 250 g/mol. The quantitative estimate of drug-likeness (QED) is 0.742. The fourth-order valence-corrected chi connectivity index (χ4v) is 3.01. The minimum Gasteiger partial charge on any atom is -0.338 e. The monoisotopic (exact) mass is 250 g/mol. The van der Waals surface area contributed by atoms with E-state index in [9.17, 15) is 10.1 Å². The third-order valence-electron chi connectivity index (χ3n) is 2.60. The van der Waals surface area contributed by atoms with Crippen molar-refractivity contribution in [3.05, 3.63) is 16.0 Å². The van der Waals surface area contributed by atoms with E-state index in [1.54, 1.807) is 0 Å². The summed E-state index contributed by atoms with van der Waals surface area (Å²) in [6, 6.07) is 1.94. The molecular formula is C11H14N4OS. The Kier molecular flexibility index (Phi) is 3.61. The molecule has 1 aliphatic heterocycles. The highest BCUT2D eigenvalue weighted by atomic mass is 32.1. The number of amides is 2. The van der Waals surface area contributed by atoms with Crippen molar-refractivity contribution in [2.75, 3.05) is 18.4 Å². The van der Waals surface area contributed by atoms with Crippen molar-refractivity contribution in [2.24, 2.45) is 0 Å². The standard InChI is InChI=1S/C11H14N4OS/c1-2-14-11(16)15-10-8(5-12)7-3-4-13-6-9(7)17-10/h13H,2-4,6H2,1H3,(H2,14,15,16). The number of fused-ring (bicyclic) bond motifs is 1. The van der Waals surface area contributed by atoms with Crippen molar-refractivity contribution in [1.29, 1.82) is 5.26 Å². The molecule has 2 amide bonds. The van der Waals surface area contributed by atoms with Gasteiger partial charge >= 0.3 is 6.03 Å². The summed E-state index contributed by atoms with van der Waals surface area (Å²) < 4.78 is 0. The van der Waals surface area contributed by atoms with E-state index in [0.717, 1.165) is 30.0 Å². The van der Waals surface area contributed by atoms with Gasteiger partial charge in [-0.25, -0.2) is 4.79 Å². The molecule has 0 radical (unpaired) electrons. The summed E-state index contributed by atoms with van der Waals surface area (Å²) in [5.74, 6) is 0. The first-order chi connectivity index (χ1) is 8.26. The molecule has 2 rings (SSSR count). The number of urea groups is 1. The van der Waals surface area contributed by atoms with Crippen LogP contribution in [0.5, 0.6) is 0 Å². The smallest absolute Gasteiger partial charge is 0.319 e. The molecule has 0 aliphatic carbocycles. The van der Waals surface area contributed by atoms with Crippen LogP contribution in [-0.4, -0.2) is 19.1 Å². The van der Waals surface area contributed by atoms with E-state index in [1.807, 2.05) is 6.92 Å². The molecule has 1 aromatic heterocycles. The van der Waals surface area contributed by atoms with Crippen molar-refractivity contribution < 1.29 is 4.79 Å². The predicted octanol–water partition coefficient (Wildman–Crippen LogP) is 1.41. The van der Waals surface area contributed by atoms with Gasteiger partial charge in [-0.2, -0.15) is 5.26 Å². The summed E-state index contributed by atoms with van der Waals surface area (Å²) in [6.45, 7) is 4.10. The van der Waals surface area contributed by atoms with E-state index in [4.69, 9.17) is 0 Å².